The lowest BCUT2D eigenvalue weighted by atomic mass is 9.79. The first-order valence-corrected chi connectivity index (χ1v) is 17.5. The van der Waals surface area contributed by atoms with Crippen LogP contribution in [0.3, 0.4) is 0 Å². The summed E-state index contributed by atoms with van der Waals surface area (Å²) in [7, 11) is -3.09. The van der Waals surface area contributed by atoms with Crippen LogP contribution in [-0.2, 0) is 17.4 Å². The maximum Gasteiger partial charge on any atom is 0.106 e. The van der Waals surface area contributed by atoms with E-state index in [1.165, 1.54) is 27.3 Å². The van der Waals surface area contributed by atoms with Gasteiger partial charge in [0.05, 0.1) is 11.9 Å². The zero-order valence-corrected chi connectivity index (χ0v) is 22.3. The molecule has 0 saturated heterocycles. The Kier molecular flexibility index (Phi) is 5.97. The Morgan fingerprint density at radius 2 is 1.21 bits per heavy atom. The van der Waals surface area contributed by atoms with Crippen molar-refractivity contribution in [3.8, 4) is 0 Å². The van der Waals surface area contributed by atoms with E-state index in [2.05, 4.69) is 109 Å². The van der Waals surface area contributed by atoms with Gasteiger partial charge in [-0.25, -0.2) is 4.68 Å². The Morgan fingerprint density at radius 1 is 0.750 bits per heavy atom. The number of hydrogen-bond acceptors (Lipinski definition) is 2. The minimum absolute atomic E-state index is 0.128. The molecule has 5 heteroatoms. The summed E-state index contributed by atoms with van der Waals surface area (Å²) in [5, 5.41) is 12.1. The molecule has 0 N–H and O–H groups in total. The van der Waals surface area contributed by atoms with Crippen molar-refractivity contribution in [1.29, 1.82) is 0 Å². The van der Waals surface area contributed by atoms with Gasteiger partial charge in [0.2, 0.25) is 0 Å². The molecule has 3 nitrogen and oxygen atoms in total. The monoisotopic (exact) mass is 415 g/mol. The Bertz CT molecular complexity index is 806. The average molecular weight is 416 g/mol. The third kappa shape index (κ3) is 5.23. The smallest absolute Gasteiger partial charge is 0.106 e. The van der Waals surface area contributed by atoms with Gasteiger partial charge in [-0.05, 0) is 27.5 Å². The van der Waals surface area contributed by atoms with Gasteiger partial charge in [0, 0.05) is 5.32 Å². The van der Waals surface area contributed by atoms with E-state index in [9.17, 15) is 0 Å². The summed E-state index contributed by atoms with van der Waals surface area (Å²) in [6, 6.07) is 7.13. The molecule has 0 aliphatic heterocycles. The normalized spacial score (nSPS) is 13.9. The largest absolute Gasteiger partial charge is 0.250 e. The van der Waals surface area contributed by atoms with Gasteiger partial charge in [0.15, 0.2) is 0 Å². The fourth-order valence-corrected chi connectivity index (χ4v) is 8.59. The Morgan fingerprint density at radius 3 is 1.57 bits per heavy atom. The molecule has 0 radical (unpaired) electrons. The lowest BCUT2D eigenvalue weighted by Gasteiger charge is -2.27. The minimum atomic E-state index is -1.56. The second-order valence-electron chi connectivity index (χ2n) is 12.4. The van der Waals surface area contributed by atoms with Crippen molar-refractivity contribution in [3.05, 3.63) is 34.9 Å². The maximum absolute atomic E-state index is 4.70. The number of hydrogen-bond donors (Lipinski definition) is 0. The molecule has 0 atom stereocenters. The molecule has 156 valence electrons. The highest BCUT2D eigenvalue weighted by Gasteiger charge is 2.33. The number of rotatable bonds is 4. The maximum atomic E-state index is 4.70. The van der Waals surface area contributed by atoms with Crippen molar-refractivity contribution in [2.45, 2.75) is 98.2 Å². The first-order chi connectivity index (χ1) is 12.4. The lowest BCUT2D eigenvalue weighted by molar-refractivity contribution is 0.564. The van der Waals surface area contributed by atoms with Gasteiger partial charge in [-0.1, -0.05) is 104 Å². The highest BCUT2D eigenvalue weighted by atomic mass is 28.3. The van der Waals surface area contributed by atoms with E-state index in [0.717, 1.165) is 6.54 Å². The van der Waals surface area contributed by atoms with Gasteiger partial charge in [0.25, 0.3) is 0 Å². The summed E-state index contributed by atoms with van der Waals surface area (Å²) >= 11 is 0. The lowest BCUT2D eigenvalue weighted by Crippen LogP contribution is -2.58. The van der Waals surface area contributed by atoms with Crippen LogP contribution in [0.2, 0.25) is 39.3 Å². The summed E-state index contributed by atoms with van der Waals surface area (Å²) in [6.07, 6.45) is 0. The fourth-order valence-electron chi connectivity index (χ4n) is 3.49. The molecule has 0 fully saturated rings. The van der Waals surface area contributed by atoms with Crippen LogP contribution < -0.4 is 10.6 Å². The number of benzene rings is 1. The topological polar surface area (TPSA) is 30.7 Å². The highest BCUT2D eigenvalue weighted by Crippen LogP contribution is 2.30. The zero-order valence-electron chi connectivity index (χ0n) is 20.3. The third-order valence-corrected chi connectivity index (χ3v) is 9.14. The van der Waals surface area contributed by atoms with E-state index >= 15 is 0 Å². The van der Waals surface area contributed by atoms with Crippen LogP contribution in [-0.4, -0.2) is 31.1 Å². The van der Waals surface area contributed by atoms with Crippen LogP contribution in [0.15, 0.2) is 18.2 Å². The SMILES string of the molecule is CC(C)(C)c1cc(Cn2nnc([Si](C)(C)C)c2[Si](C)(C)C)cc(C(C)(C)C)c1. The van der Waals surface area contributed by atoms with E-state index in [4.69, 9.17) is 5.10 Å². The molecular formula is C23H41N3Si2. The van der Waals surface area contributed by atoms with E-state index < -0.39 is 16.1 Å². The molecule has 2 rings (SSSR count). The van der Waals surface area contributed by atoms with Gasteiger partial charge >= 0.3 is 0 Å². The van der Waals surface area contributed by atoms with Crippen LogP contribution in [0.4, 0.5) is 0 Å². The third-order valence-electron chi connectivity index (χ3n) is 5.21. The zero-order chi connectivity index (χ0) is 21.7. The summed E-state index contributed by atoms with van der Waals surface area (Å²) in [5.74, 6) is 0. The quantitative estimate of drug-likeness (QED) is 0.657. The number of nitrogens with zero attached hydrogens (tertiary/aromatic N) is 3. The molecule has 0 unspecified atom stereocenters. The van der Waals surface area contributed by atoms with Crippen molar-refractivity contribution in [2.75, 3.05) is 0 Å². The number of aromatic nitrogens is 3. The molecule has 2 aromatic rings. The van der Waals surface area contributed by atoms with E-state index in [0.29, 0.717) is 0 Å². The van der Waals surface area contributed by atoms with Gasteiger partial charge < -0.3 is 0 Å². The Labute approximate surface area is 175 Å². The molecule has 0 amide bonds. The molecular weight excluding hydrogens is 374 g/mol. The summed E-state index contributed by atoms with van der Waals surface area (Å²) in [6.45, 7) is 29.0. The van der Waals surface area contributed by atoms with Crippen LogP contribution in [0, 0.1) is 0 Å². The van der Waals surface area contributed by atoms with E-state index in [1.807, 2.05) is 0 Å². The molecule has 1 heterocycles. The average Bonchev–Trinajstić information content (AvgIpc) is 2.89. The van der Waals surface area contributed by atoms with Gasteiger partial charge in [-0.3, -0.25) is 0 Å². The molecule has 1 aromatic heterocycles. The van der Waals surface area contributed by atoms with Crippen molar-refractivity contribution in [3.63, 3.8) is 0 Å². The molecule has 0 bridgehead atoms. The summed E-state index contributed by atoms with van der Waals surface area (Å²) < 4.78 is 2.22. The van der Waals surface area contributed by atoms with Crippen LogP contribution in [0.25, 0.3) is 0 Å². The van der Waals surface area contributed by atoms with Crippen molar-refractivity contribution < 1.29 is 0 Å². The van der Waals surface area contributed by atoms with Crippen molar-refractivity contribution in [1.82, 2.24) is 15.0 Å². The van der Waals surface area contributed by atoms with Crippen LogP contribution in [0.1, 0.15) is 58.2 Å². The van der Waals surface area contributed by atoms with Crippen molar-refractivity contribution >= 4 is 26.8 Å². The fraction of sp³-hybridized carbons (Fsp3) is 0.652. The first-order valence-electron chi connectivity index (χ1n) is 10.5. The molecule has 0 aliphatic rings. The standard InChI is InChI=1S/C23H41N3Si2/c1-22(2,3)18-13-17(14-19(15-18)23(4,5)6)16-26-21(28(10,11)12)20(24-25-26)27(7,8)9/h13-15H,16H2,1-12H3. The van der Waals surface area contributed by atoms with Crippen LogP contribution >= 0.6 is 0 Å². The van der Waals surface area contributed by atoms with Gasteiger partial charge in [-0.15, -0.1) is 5.10 Å². The summed E-state index contributed by atoms with van der Waals surface area (Å²) in [5.41, 5.74) is 4.39. The molecule has 0 spiro atoms. The second kappa shape index (κ2) is 7.24. The predicted octanol–water partition coefficient (Wildman–Crippen LogP) is 5.01. The second-order valence-corrected chi connectivity index (χ2v) is 22.3. The molecule has 0 saturated carbocycles. The highest BCUT2D eigenvalue weighted by molar-refractivity contribution is 6.97. The first kappa shape index (κ1) is 23.1. The molecule has 0 aliphatic carbocycles. The molecule has 28 heavy (non-hydrogen) atoms. The predicted molar refractivity (Wildman–Crippen MR) is 129 cm³/mol. The van der Waals surface area contributed by atoms with Gasteiger partial charge in [0.1, 0.15) is 16.1 Å². The van der Waals surface area contributed by atoms with Crippen molar-refractivity contribution in [2.24, 2.45) is 0 Å². The molecule has 1 aromatic carbocycles. The Hall–Kier alpha value is -1.21. The van der Waals surface area contributed by atoms with E-state index in [1.54, 1.807) is 0 Å². The Balaban J connectivity index is 2.62. The summed E-state index contributed by atoms with van der Waals surface area (Å²) in [4.78, 5) is 0. The van der Waals surface area contributed by atoms with Gasteiger partial charge in [-0.2, -0.15) is 0 Å². The van der Waals surface area contributed by atoms with E-state index in [-0.39, 0.29) is 10.8 Å². The van der Waals surface area contributed by atoms with Crippen LogP contribution in [0.5, 0.6) is 0 Å². The minimum Gasteiger partial charge on any atom is -0.250 e.